The van der Waals surface area contributed by atoms with Crippen molar-refractivity contribution in [1.82, 2.24) is 0 Å². The van der Waals surface area contributed by atoms with E-state index in [1.807, 2.05) is 0 Å². The van der Waals surface area contributed by atoms with Crippen LogP contribution in [0.5, 0.6) is 0 Å². The number of aryl methyl sites for hydroxylation is 1. The summed E-state index contributed by atoms with van der Waals surface area (Å²) in [6, 6.07) is 6.67. The summed E-state index contributed by atoms with van der Waals surface area (Å²) in [4.78, 5) is 2.47. The van der Waals surface area contributed by atoms with Crippen LogP contribution in [0.4, 0.5) is 11.4 Å². The maximum absolute atomic E-state index is 5.82. The van der Waals surface area contributed by atoms with E-state index in [-0.39, 0.29) is 0 Å². The van der Waals surface area contributed by atoms with Gasteiger partial charge in [-0.05, 0) is 38.3 Å². The molecule has 0 bridgehead atoms. The van der Waals surface area contributed by atoms with E-state index in [4.69, 9.17) is 4.74 Å². The third kappa shape index (κ3) is 2.19. The average molecular weight is 246 g/mol. The first-order valence-electron chi connectivity index (χ1n) is 7.00. The van der Waals surface area contributed by atoms with Crippen LogP contribution in [0, 0.1) is 0 Å². The number of anilines is 2. The predicted octanol–water partition coefficient (Wildman–Crippen LogP) is 2.66. The minimum absolute atomic E-state index is 0.313. The number of nitrogens with zero attached hydrogens (tertiary/aromatic N) is 1. The molecular weight excluding hydrogens is 224 g/mol. The molecule has 3 rings (SSSR count). The van der Waals surface area contributed by atoms with Gasteiger partial charge in [-0.1, -0.05) is 12.1 Å². The van der Waals surface area contributed by atoms with Crippen molar-refractivity contribution in [3.8, 4) is 0 Å². The normalized spacial score (nSPS) is 27.6. The van der Waals surface area contributed by atoms with E-state index in [1.165, 1.54) is 29.8 Å². The monoisotopic (exact) mass is 246 g/mol. The van der Waals surface area contributed by atoms with Gasteiger partial charge in [0, 0.05) is 19.6 Å². The van der Waals surface area contributed by atoms with Gasteiger partial charge in [0.2, 0.25) is 0 Å². The van der Waals surface area contributed by atoms with Gasteiger partial charge in [0.05, 0.1) is 23.6 Å². The van der Waals surface area contributed by atoms with Crippen molar-refractivity contribution in [2.75, 3.05) is 29.9 Å². The maximum Gasteiger partial charge on any atom is 0.0726 e. The molecule has 1 saturated heterocycles. The Hall–Kier alpha value is -1.22. The summed E-state index contributed by atoms with van der Waals surface area (Å²) < 4.78 is 5.82. The highest BCUT2D eigenvalue weighted by Gasteiger charge is 2.25. The second-order valence-corrected chi connectivity index (χ2v) is 5.50. The Bertz CT molecular complexity index is 423. The highest BCUT2D eigenvalue weighted by molar-refractivity contribution is 5.74. The summed E-state index contributed by atoms with van der Waals surface area (Å²) in [6.07, 6.45) is 3.07. The molecule has 3 nitrogen and oxygen atoms in total. The number of hydrogen-bond acceptors (Lipinski definition) is 3. The van der Waals surface area contributed by atoms with E-state index in [2.05, 4.69) is 42.3 Å². The van der Waals surface area contributed by atoms with E-state index >= 15 is 0 Å². The van der Waals surface area contributed by atoms with Crippen LogP contribution in [-0.2, 0) is 11.2 Å². The van der Waals surface area contributed by atoms with E-state index in [0.717, 1.165) is 19.6 Å². The molecule has 3 heteroatoms. The lowest BCUT2D eigenvalue weighted by atomic mass is 10.0. The van der Waals surface area contributed by atoms with Crippen LogP contribution in [-0.4, -0.2) is 31.8 Å². The molecule has 1 fully saturated rings. The lowest BCUT2D eigenvalue weighted by Crippen LogP contribution is -2.45. The summed E-state index contributed by atoms with van der Waals surface area (Å²) in [5.41, 5.74) is 4.17. The third-order valence-electron chi connectivity index (χ3n) is 3.81. The first-order valence-corrected chi connectivity index (χ1v) is 7.00. The van der Waals surface area contributed by atoms with Crippen LogP contribution >= 0.6 is 0 Å². The number of ether oxygens (including phenoxy) is 1. The van der Waals surface area contributed by atoms with Gasteiger partial charge in [0.15, 0.2) is 0 Å². The summed E-state index contributed by atoms with van der Waals surface area (Å²) in [5.74, 6) is 0. The SMILES string of the molecule is CC1CN(c2cccc3c2NCCC3)CC(C)O1. The lowest BCUT2D eigenvalue weighted by Gasteiger charge is -2.38. The number of fused-ring (bicyclic) bond motifs is 1. The van der Waals surface area contributed by atoms with Crippen LogP contribution in [0.3, 0.4) is 0 Å². The number of benzene rings is 1. The topological polar surface area (TPSA) is 24.5 Å². The zero-order valence-electron chi connectivity index (χ0n) is 11.3. The lowest BCUT2D eigenvalue weighted by molar-refractivity contribution is -0.00518. The molecule has 0 aliphatic carbocycles. The zero-order chi connectivity index (χ0) is 12.5. The Balaban J connectivity index is 1.91. The molecule has 0 spiro atoms. The second kappa shape index (κ2) is 4.81. The van der Waals surface area contributed by atoms with Crippen molar-refractivity contribution >= 4 is 11.4 Å². The number of morpholine rings is 1. The van der Waals surface area contributed by atoms with E-state index in [9.17, 15) is 0 Å². The molecule has 98 valence electrons. The van der Waals surface area contributed by atoms with Crippen molar-refractivity contribution in [3.63, 3.8) is 0 Å². The van der Waals surface area contributed by atoms with Gasteiger partial charge in [0.25, 0.3) is 0 Å². The van der Waals surface area contributed by atoms with E-state index in [1.54, 1.807) is 0 Å². The Kier molecular flexibility index (Phi) is 3.16. The van der Waals surface area contributed by atoms with Gasteiger partial charge in [-0.25, -0.2) is 0 Å². The summed E-state index contributed by atoms with van der Waals surface area (Å²) >= 11 is 0. The van der Waals surface area contributed by atoms with Gasteiger partial charge in [-0.15, -0.1) is 0 Å². The molecule has 1 aromatic rings. The van der Waals surface area contributed by atoms with Crippen molar-refractivity contribution < 1.29 is 4.74 Å². The molecule has 2 atom stereocenters. The third-order valence-corrected chi connectivity index (χ3v) is 3.81. The Morgan fingerprint density at radius 3 is 2.78 bits per heavy atom. The Morgan fingerprint density at radius 1 is 1.22 bits per heavy atom. The van der Waals surface area contributed by atoms with Gasteiger partial charge in [-0.3, -0.25) is 0 Å². The summed E-state index contributed by atoms with van der Waals surface area (Å²) in [6.45, 7) is 7.39. The molecule has 2 aliphatic rings. The smallest absolute Gasteiger partial charge is 0.0726 e. The van der Waals surface area contributed by atoms with Crippen LogP contribution in [0.1, 0.15) is 25.8 Å². The standard InChI is InChI=1S/C15H22N2O/c1-11-9-17(10-12(2)18-11)14-7-3-5-13-6-4-8-16-15(13)14/h3,5,7,11-12,16H,4,6,8-10H2,1-2H3. The molecule has 2 unspecified atom stereocenters. The number of hydrogen-bond donors (Lipinski definition) is 1. The summed E-state index contributed by atoms with van der Waals surface area (Å²) in [7, 11) is 0. The fourth-order valence-corrected chi connectivity index (χ4v) is 3.13. The molecule has 0 aromatic heterocycles. The number of rotatable bonds is 1. The molecular formula is C15H22N2O. The van der Waals surface area contributed by atoms with Gasteiger partial charge in [-0.2, -0.15) is 0 Å². The molecule has 1 aromatic carbocycles. The Labute approximate surface area is 109 Å². The second-order valence-electron chi connectivity index (χ2n) is 5.50. The summed E-state index contributed by atoms with van der Waals surface area (Å²) in [5, 5.41) is 3.58. The maximum atomic E-state index is 5.82. The molecule has 0 saturated carbocycles. The molecule has 0 amide bonds. The first kappa shape index (κ1) is 11.8. The van der Waals surface area contributed by atoms with Crippen LogP contribution in [0.2, 0.25) is 0 Å². The van der Waals surface area contributed by atoms with Crippen molar-refractivity contribution in [3.05, 3.63) is 23.8 Å². The van der Waals surface area contributed by atoms with Crippen LogP contribution < -0.4 is 10.2 Å². The number of nitrogens with one attached hydrogen (secondary N) is 1. The molecule has 2 heterocycles. The molecule has 1 N–H and O–H groups in total. The van der Waals surface area contributed by atoms with Crippen LogP contribution in [0.15, 0.2) is 18.2 Å². The fraction of sp³-hybridized carbons (Fsp3) is 0.600. The zero-order valence-corrected chi connectivity index (χ0v) is 11.3. The first-order chi connectivity index (χ1) is 8.74. The van der Waals surface area contributed by atoms with Crippen molar-refractivity contribution in [1.29, 1.82) is 0 Å². The molecule has 0 radical (unpaired) electrons. The largest absolute Gasteiger partial charge is 0.383 e. The average Bonchev–Trinajstić information content (AvgIpc) is 2.37. The van der Waals surface area contributed by atoms with E-state index in [0.29, 0.717) is 12.2 Å². The molecule has 18 heavy (non-hydrogen) atoms. The highest BCUT2D eigenvalue weighted by Crippen LogP contribution is 2.34. The number of para-hydroxylation sites is 1. The minimum Gasteiger partial charge on any atom is -0.383 e. The quantitative estimate of drug-likeness (QED) is 0.824. The van der Waals surface area contributed by atoms with Gasteiger partial charge in [0.1, 0.15) is 0 Å². The van der Waals surface area contributed by atoms with Gasteiger partial charge >= 0.3 is 0 Å². The molecule has 2 aliphatic heterocycles. The fourth-order valence-electron chi connectivity index (χ4n) is 3.13. The van der Waals surface area contributed by atoms with E-state index < -0.39 is 0 Å². The predicted molar refractivity (Wildman–Crippen MR) is 75.5 cm³/mol. The van der Waals surface area contributed by atoms with Crippen LogP contribution in [0.25, 0.3) is 0 Å². The highest BCUT2D eigenvalue weighted by atomic mass is 16.5. The van der Waals surface area contributed by atoms with Gasteiger partial charge < -0.3 is 15.0 Å². The Morgan fingerprint density at radius 2 is 2.00 bits per heavy atom. The van der Waals surface area contributed by atoms with Crippen molar-refractivity contribution in [2.45, 2.75) is 38.9 Å². The minimum atomic E-state index is 0.313. The van der Waals surface area contributed by atoms with Crippen molar-refractivity contribution in [2.24, 2.45) is 0 Å².